The molecular formula is C40H49ClF3N7O8S. The summed E-state index contributed by atoms with van der Waals surface area (Å²) < 4.78 is 80.0. The van der Waals surface area contributed by atoms with Gasteiger partial charge in [-0.3, -0.25) is 28.4 Å². The number of benzene rings is 1. The van der Waals surface area contributed by atoms with Gasteiger partial charge in [0, 0.05) is 23.6 Å². The second kappa shape index (κ2) is 15.1. The van der Waals surface area contributed by atoms with Crippen molar-refractivity contribution in [3.63, 3.8) is 0 Å². The Hall–Kier alpha value is -4.65. The number of nitrogens with one attached hydrogen (secondary N) is 2. The standard InChI is InChI=1S/C40H49ClF3N7O8S/c1-21-9-7-8-10-24-18-39(24,34(54)48-60(57,58)38(6)13-14-38)47-31(52)29-17-26(59-32-27-16-25(41)11-12-28(27)50-19-23(3)45-35(50)46-32)20-49(29)33(53)30(22(2)15-21)51(36(55)56)37(4,5)40(42,43)44/h8,10-12,16,19,21-22,24,26,29-30H,7,9,13-15,17-18,20H2,1-6H3,(H,47,52)(H,48,54)(H,55,56)/b10-8-/t21-,22+,24+,26+,29-,30-,39+/m0/s1. The number of nitrogens with zero attached hydrogens (tertiary/aromatic N) is 5. The van der Waals surface area contributed by atoms with Crippen molar-refractivity contribution >= 4 is 62.1 Å². The third kappa shape index (κ3) is 7.75. The lowest BCUT2D eigenvalue weighted by Gasteiger charge is -2.45. The molecule has 0 unspecified atom stereocenters. The molecule has 3 aromatic rings. The van der Waals surface area contributed by atoms with Gasteiger partial charge in [0.1, 0.15) is 29.3 Å². The van der Waals surface area contributed by atoms with Gasteiger partial charge < -0.3 is 20.1 Å². The molecule has 2 aliphatic heterocycles. The molecule has 15 nitrogen and oxygen atoms in total. The zero-order valence-electron chi connectivity index (χ0n) is 34.0. The molecule has 3 N–H and O–H groups in total. The summed E-state index contributed by atoms with van der Waals surface area (Å²) in [6.07, 6.45) is -1.27. The lowest BCUT2D eigenvalue weighted by Crippen LogP contribution is -2.66. The van der Waals surface area contributed by atoms with Crippen LogP contribution in [0, 0.1) is 24.7 Å². The van der Waals surface area contributed by atoms with Crippen molar-refractivity contribution in [1.29, 1.82) is 0 Å². The summed E-state index contributed by atoms with van der Waals surface area (Å²) in [5.74, 6) is -4.40. The van der Waals surface area contributed by atoms with Gasteiger partial charge in [-0.1, -0.05) is 37.6 Å². The fourth-order valence-corrected chi connectivity index (χ4v) is 10.1. The zero-order valence-corrected chi connectivity index (χ0v) is 35.6. The summed E-state index contributed by atoms with van der Waals surface area (Å²) in [6.45, 7) is 7.63. The molecule has 2 saturated carbocycles. The molecule has 7 atom stereocenters. The topological polar surface area (TPSA) is 193 Å². The van der Waals surface area contributed by atoms with Crippen LogP contribution < -0.4 is 14.8 Å². The molecule has 3 fully saturated rings. The predicted molar refractivity (Wildman–Crippen MR) is 214 cm³/mol. The number of rotatable bonds is 7. The molecule has 2 aliphatic carbocycles. The molecule has 4 amide bonds. The highest BCUT2D eigenvalue weighted by molar-refractivity contribution is 7.91. The molecule has 0 radical (unpaired) electrons. The fourth-order valence-electron chi connectivity index (χ4n) is 8.61. The second-order valence-corrected chi connectivity index (χ2v) is 20.4. The van der Waals surface area contributed by atoms with E-state index in [2.05, 4.69) is 20.0 Å². The lowest BCUT2D eigenvalue weighted by molar-refractivity contribution is -0.222. The van der Waals surface area contributed by atoms with Crippen LogP contribution in [-0.2, 0) is 24.4 Å². The van der Waals surface area contributed by atoms with Crippen molar-refractivity contribution in [2.75, 3.05) is 6.54 Å². The van der Waals surface area contributed by atoms with Crippen molar-refractivity contribution in [2.45, 2.75) is 127 Å². The molecule has 20 heteroatoms. The van der Waals surface area contributed by atoms with Crippen LogP contribution in [0.15, 0.2) is 36.5 Å². The van der Waals surface area contributed by atoms with Crippen LogP contribution in [0.4, 0.5) is 18.0 Å². The maximum Gasteiger partial charge on any atom is 0.411 e. The van der Waals surface area contributed by atoms with E-state index in [1.54, 1.807) is 47.9 Å². The van der Waals surface area contributed by atoms with Gasteiger partial charge in [-0.05, 0) is 96.3 Å². The van der Waals surface area contributed by atoms with Crippen LogP contribution in [0.5, 0.6) is 5.88 Å². The molecule has 4 aliphatic rings. The summed E-state index contributed by atoms with van der Waals surface area (Å²) in [5, 5.41) is 14.0. The molecule has 60 heavy (non-hydrogen) atoms. The molecule has 7 rings (SSSR count). The number of carbonyl (C=O) groups excluding carboxylic acids is 3. The van der Waals surface area contributed by atoms with Gasteiger partial charge in [-0.15, -0.1) is 0 Å². The number of carbonyl (C=O) groups is 4. The Morgan fingerprint density at radius 3 is 2.48 bits per heavy atom. The van der Waals surface area contributed by atoms with E-state index in [0.717, 1.165) is 4.90 Å². The zero-order chi connectivity index (χ0) is 43.9. The van der Waals surface area contributed by atoms with E-state index in [4.69, 9.17) is 16.3 Å². The van der Waals surface area contributed by atoms with Crippen molar-refractivity contribution < 1.29 is 50.6 Å². The smallest absolute Gasteiger partial charge is 0.411 e. The van der Waals surface area contributed by atoms with E-state index in [-0.39, 0.29) is 41.7 Å². The number of alkyl halides is 3. The molecule has 4 heterocycles. The summed E-state index contributed by atoms with van der Waals surface area (Å²) in [4.78, 5) is 66.9. The highest BCUT2D eigenvalue weighted by Gasteiger charge is 2.64. The van der Waals surface area contributed by atoms with Crippen molar-refractivity contribution in [1.82, 2.24) is 34.2 Å². The van der Waals surface area contributed by atoms with Gasteiger partial charge in [0.2, 0.25) is 33.5 Å². The summed E-state index contributed by atoms with van der Waals surface area (Å²) >= 11 is 6.40. The monoisotopic (exact) mass is 879 g/mol. The minimum atomic E-state index is -5.11. The molecular weight excluding hydrogens is 831 g/mol. The van der Waals surface area contributed by atoms with E-state index in [0.29, 0.717) is 61.2 Å². The summed E-state index contributed by atoms with van der Waals surface area (Å²) in [6, 6.07) is 1.58. The quantitative estimate of drug-likeness (QED) is 0.246. The van der Waals surface area contributed by atoms with Crippen LogP contribution >= 0.6 is 11.6 Å². The predicted octanol–water partition coefficient (Wildman–Crippen LogP) is 5.77. The minimum absolute atomic E-state index is 0.0378. The second-order valence-electron chi connectivity index (χ2n) is 17.7. The van der Waals surface area contributed by atoms with Crippen molar-refractivity contribution in [2.24, 2.45) is 17.8 Å². The average molecular weight is 880 g/mol. The van der Waals surface area contributed by atoms with E-state index in [9.17, 15) is 41.1 Å². The highest BCUT2D eigenvalue weighted by Crippen LogP contribution is 2.48. The van der Waals surface area contributed by atoms with Gasteiger partial charge in [-0.25, -0.2) is 18.2 Å². The number of hydrogen-bond donors (Lipinski definition) is 3. The number of imidazole rings is 1. The number of amides is 4. The first-order valence-corrected chi connectivity index (χ1v) is 21.8. The normalized spacial score (nSPS) is 29.1. The Morgan fingerprint density at radius 1 is 1.13 bits per heavy atom. The Morgan fingerprint density at radius 2 is 1.83 bits per heavy atom. The van der Waals surface area contributed by atoms with Gasteiger partial charge in [0.25, 0.3) is 5.91 Å². The largest absolute Gasteiger partial charge is 0.472 e. The van der Waals surface area contributed by atoms with Gasteiger partial charge in [-0.2, -0.15) is 18.2 Å². The third-order valence-corrected chi connectivity index (χ3v) is 15.1. The van der Waals surface area contributed by atoms with Gasteiger partial charge in [0.15, 0.2) is 0 Å². The molecule has 2 aromatic heterocycles. The highest BCUT2D eigenvalue weighted by atomic mass is 35.5. The molecule has 1 aromatic carbocycles. The number of allylic oxidation sites excluding steroid dienone is 1. The van der Waals surface area contributed by atoms with Crippen LogP contribution in [0.3, 0.4) is 0 Å². The maximum atomic E-state index is 15.1. The number of halogens is 4. The Balaban J connectivity index is 1.32. The fraction of sp³-hybridized carbons (Fsp3) is 0.600. The van der Waals surface area contributed by atoms with E-state index < -0.39 is 92.4 Å². The number of hydrogen-bond acceptors (Lipinski definition) is 9. The number of carboxylic acid groups (broad SMARTS) is 1. The number of sulfonamides is 1. The summed E-state index contributed by atoms with van der Waals surface area (Å²) in [7, 11) is -4.14. The minimum Gasteiger partial charge on any atom is -0.472 e. The summed E-state index contributed by atoms with van der Waals surface area (Å²) in [5.41, 5.74) is -3.52. The first-order valence-electron chi connectivity index (χ1n) is 20.0. The van der Waals surface area contributed by atoms with E-state index in [1.807, 2.05) is 6.92 Å². The molecule has 0 bridgehead atoms. The Labute approximate surface area is 350 Å². The first kappa shape index (κ1) is 43.4. The van der Waals surface area contributed by atoms with Crippen LogP contribution in [0.1, 0.15) is 85.3 Å². The maximum absolute atomic E-state index is 15.1. The van der Waals surface area contributed by atoms with E-state index >= 15 is 4.79 Å². The van der Waals surface area contributed by atoms with Crippen LogP contribution in [0.25, 0.3) is 16.7 Å². The number of aryl methyl sites for hydroxylation is 1. The molecule has 326 valence electrons. The Bertz CT molecular complexity index is 2400. The Kier molecular flexibility index (Phi) is 10.9. The van der Waals surface area contributed by atoms with Crippen molar-refractivity contribution in [3.05, 3.63) is 47.3 Å². The van der Waals surface area contributed by atoms with Crippen LogP contribution in [0.2, 0.25) is 5.02 Å². The van der Waals surface area contributed by atoms with Gasteiger partial charge >= 0.3 is 12.3 Å². The van der Waals surface area contributed by atoms with Crippen LogP contribution in [-0.4, -0.2) is 108 Å². The lowest BCUT2D eigenvalue weighted by atomic mass is 9.85. The molecule has 1 saturated heterocycles. The number of fused-ring (bicyclic) bond motifs is 5. The average Bonchev–Trinajstić information content (AvgIpc) is 3.96. The third-order valence-electron chi connectivity index (χ3n) is 12.7. The van der Waals surface area contributed by atoms with Gasteiger partial charge in [0.05, 0.1) is 27.9 Å². The number of ether oxygens (including phenoxy) is 1. The first-order chi connectivity index (χ1) is 27.9. The SMILES string of the molecule is Cc1cn2c(n1)nc(O[C@@H]1C[C@H]3C(=O)N[C@]4(C(=O)NS(=O)(=O)C5(C)CC5)C[C@H]4/C=C\CC[C@H](C)C[C@@H](C)[C@H](N(C(=O)O)C(C)(C)C(F)(F)F)C(=O)N3C1)c1cc(Cl)ccc12. The van der Waals surface area contributed by atoms with Crippen molar-refractivity contribution in [3.8, 4) is 5.88 Å². The number of aromatic nitrogens is 3. The molecule has 0 spiro atoms. The van der Waals surface area contributed by atoms with E-state index in [1.165, 1.54) is 13.8 Å².